The first-order chi connectivity index (χ1) is 10.7. The van der Waals surface area contributed by atoms with Crippen LogP contribution in [-0.4, -0.2) is 15.1 Å². The average Bonchev–Trinajstić information content (AvgIpc) is 3.03. The number of hydrogen-bond acceptors (Lipinski definition) is 3. The summed E-state index contributed by atoms with van der Waals surface area (Å²) in [6.45, 7) is 1.98. The molecule has 0 unspecified atom stereocenters. The molecule has 5 heteroatoms. The van der Waals surface area contributed by atoms with Gasteiger partial charge in [0, 0.05) is 21.8 Å². The molecule has 2 heterocycles. The van der Waals surface area contributed by atoms with Crippen molar-refractivity contribution in [3.63, 3.8) is 0 Å². The van der Waals surface area contributed by atoms with E-state index in [1.54, 1.807) is 0 Å². The quantitative estimate of drug-likeness (QED) is 0.467. The SMILES string of the molecule is Cc1ccc2[nH]c(O)c(-c3[nH]c4ccccc4c3N=O)c2c1. The van der Waals surface area contributed by atoms with Crippen molar-refractivity contribution in [2.24, 2.45) is 5.18 Å². The molecule has 4 rings (SSSR count). The molecule has 108 valence electrons. The van der Waals surface area contributed by atoms with Gasteiger partial charge in [-0.3, -0.25) is 0 Å². The summed E-state index contributed by atoms with van der Waals surface area (Å²) < 4.78 is 0. The Morgan fingerprint density at radius 3 is 2.59 bits per heavy atom. The number of aryl methyl sites for hydroxylation is 1. The van der Waals surface area contributed by atoms with Crippen LogP contribution < -0.4 is 0 Å². The molecule has 2 aromatic heterocycles. The van der Waals surface area contributed by atoms with Crippen molar-refractivity contribution in [3.05, 3.63) is 52.9 Å². The molecule has 0 aliphatic rings. The van der Waals surface area contributed by atoms with Crippen molar-refractivity contribution in [2.75, 3.05) is 0 Å². The van der Waals surface area contributed by atoms with Crippen LogP contribution in [0.5, 0.6) is 5.88 Å². The van der Waals surface area contributed by atoms with Crippen LogP contribution in [0.3, 0.4) is 0 Å². The highest BCUT2D eigenvalue weighted by atomic mass is 16.3. The zero-order valence-corrected chi connectivity index (χ0v) is 11.8. The summed E-state index contributed by atoms with van der Waals surface area (Å²) in [4.78, 5) is 17.5. The zero-order valence-electron chi connectivity index (χ0n) is 11.8. The van der Waals surface area contributed by atoms with Crippen molar-refractivity contribution < 1.29 is 5.11 Å². The number of rotatable bonds is 2. The number of fused-ring (bicyclic) bond motifs is 2. The van der Waals surface area contributed by atoms with Crippen molar-refractivity contribution in [3.8, 4) is 17.1 Å². The van der Waals surface area contributed by atoms with Crippen LogP contribution in [0.15, 0.2) is 47.6 Å². The van der Waals surface area contributed by atoms with Crippen LogP contribution in [0.2, 0.25) is 0 Å². The Morgan fingerprint density at radius 2 is 1.77 bits per heavy atom. The number of nitroso groups, excluding NO2 is 1. The number of benzene rings is 2. The van der Waals surface area contributed by atoms with Gasteiger partial charge >= 0.3 is 0 Å². The molecule has 0 amide bonds. The molecular formula is C17H13N3O2. The third-order valence-electron chi connectivity index (χ3n) is 3.95. The number of hydrogen-bond donors (Lipinski definition) is 3. The van der Waals surface area contributed by atoms with Gasteiger partial charge in [0.2, 0.25) is 0 Å². The number of H-pyrrole nitrogens is 2. The number of aromatic amines is 2. The zero-order chi connectivity index (χ0) is 15.3. The van der Waals surface area contributed by atoms with E-state index in [-0.39, 0.29) is 5.88 Å². The molecule has 0 aliphatic heterocycles. The molecule has 3 N–H and O–H groups in total. The third-order valence-corrected chi connectivity index (χ3v) is 3.95. The van der Waals surface area contributed by atoms with Gasteiger partial charge in [0.1, 0.15) is 5.69 Å². The predicted molar refractivity (Wildman–Crippen MR) is 87.4 cm³/mol. The smallest absolute Gasteiger partial charge is 0.199 e. The minimum Gasteiger partial charge on any atom is -0.494 e. The van der Waals surface area contributed by atoms with E-state index in [1.165, 1.54) is 0 Å². The van der Waals surface area contributed by atoms with Crippen LogP contribution in [0.4, 0.5) is 5.69 Å². The molecule has 0 bridgehead atoms. The third kappa shape index (κ3) is 1.65. The summed E-state index contributed by atoms with van der Waals surface area (Å²) in [6, 6.07) is 13.3. The summed E-state index contributed by atoms with van der Waals surface area (Å²) in [7, 11) is 0. The van der Waals surface area contributed by atoms with E-state index >= 15 is 0 Å². The molecule has 0 spiro atoms. The normalized spacial score (nSPS) is 11.3. The summed E-state index contributed by atoms with van der Waals surface area (Å²) >= 11 is 0. The van der Waals surface area contributed by atoms with E-state index in [1.807, 2.05) is 49.4 Å². The second-order valence-corrected chi connectivity index (χ2v) is 5.38. The number of para-hydroxylation sites is 1. The maximum absolute atomic E-state index is 11.4. The molecule has 5 nitrogen and oxygen atoms in total. The Balaban J connectivity index is 2.13. The molecular weight excluding hydrogens is 278 g/mol. The van der Waals surface area contributed by atoms with Gasteiger partial charge in [-0.2, -0.15) is 0 Å². The van der Waals surface area contributed by atoms with E-state index in [0.29, 0.717) is 16.9 Å². The maximum Gasteiger partial charge on any atom is 0.199 e. The second kappa shape index (κ2) is 4.46. The van der Waals surface area contributed by atoms with Crippen molar-refractivity contribution in [1.29, 1.82) is 0 Å². The molecule has 22 heavy (non-hydrogen) atoms. The average molecular weight is 291 g/mol. The molecule has 2 aromatic carbocycles. The van der Waals surface area contributed by atoms with E-state index in [9.17, 15) is 10.0 Å². The summed E-state index contributed by atoms with van der Waals surface area (Å²) in [6.07, 6.45) is 0. The Kier molecular flexibility index (Phi) is 2.56. The summed E-state index contributed by atoms with van der Waals surface area (Å²) in [5.41, 5.74) is 4.12. The van der Waals surface area contributed by atoms with Crippen LogP contribution in [0.1, 0.15) is 5.56 Å². The minimum atomic E-state index is 0.0251. The lowest BCUT2D eigenvalue weighted by Gasteiger charge is -1.99. The van der Waals surface area contributed by atoms with E-state index in [4.69, 9.17) is 0 Å². The largest absolute Gasteiger partial charge is 0.494 e. The molecule has 0 atom stereocenters. The minimum absolute atomic E-state index is 0.0251. The van der Waals surface area contributed by atoms with Gasteiger partial charge in [-0.05, 0) is 30.3 Å². The van der Waals surface area contributed by atoms with Crippen LogP contribution in [-0.2, 0) is 0 Å². The highest BCUT2D eigenvalue weighted by molar-refractivity contribution is 6.07. The highest BCUT2D eigenvalue weighted by Gasteiger charge is 2.20. The van der Waals surface area contributed by atoms with Crippen LogP contribution in [0, 0.1) is 11.8 Å². The number of nitrogens with one attached hydrogen (secondary N) is 2. The summed E-state index contributed by atoms with van der Waals surface area (Å²) in [5, 5.41) is 15.1. The van der Waals surface area contributed by atoms with Crippen molar-refractivity contribution in [1.82, 2.24) is 9.97 Å². The fraction of sp³-hybridized carbons (Fsp3) is 0.0588. The monoisotopic (exact) mass is 291 g/mol. The molecule has 0 fully saturated rings. The molecule has 0 aliphatic carbocycles. The fourth-order valence-electron chi connectivity index (χ4n) is 2.95. The molecule has 0 saturated carbocycles. The lowest BCUT2D eigenvalue weighted by molar-refractivity contribution is 0.460. The first-order valence-electron chi connectivity index (χ1n) is 6.95. The second-order valence-electron chi connectivity index (χ2n) is 5.38. The molecule has 0 radical (unpaired) electrons. The Morgan fingerprint density at radius 1 is 1.00 bits per heavy atom. The van der Waals surface area contributed by atoms with E-state index < -0.39 is 0 Å². The summed E-state index contributed by atoms with van der Waals surface area (Å²) in [5.74, 6) is 0.0251. The standard InChI is InChI=1S/C17H13N3O2/c1-9-6-7-13-11(8-9)14(17(21)19-13)16-15(20-22)10-4-2-3-5-12(10)18-16/h2-8,18-19,21H,1H3. The van der Waals surface area contributed by atoms with Gasteiger partial charge in [0.05, 0.1) is 11.3 Å². The van der Waals surface area contributed by atoms with Gasteiger partial charge in [0.15, 0.2) is 5.88 Å². The number of aromatic nitrogens is 2. The highest BCUT2D eigenvalue weighted by Crippen LogP contribution is 2.44. The van der Waals surface area contributed by atoms with Crippen LogP contribution >= 0.6 is 0 Å². The lowest BCUT2D eigenvalue weighted by atomic mass is 10.1. The first kappa shape index (κ1) is 12.6. The fourth-order valence-corrected chi connectivity index (χ4v) is 2.95. The van der Waals surface area contributed by atoms with Gasteiger partial charge < -0.3 is 15.1 Å². The Hall–Kier alpha value is -3.08. The first-order valence-corrected chi connectivity index (χ1v) is 6.95. The van der Waals surface area contributed by atoms with Gasteiger partial charge in [0.25, 0.3) is 0 Å². The molecule has 4 aromatic rings. The maximum atomic E-state index is 11.4. The van der Waals surface area contributed by atoms with Gasteiger partial charge in [-0.25, -0.2) is 0 Å². The van der Waals surface area contributed by atoms with Crippen molar-refractivity contribution >= 4 is 27.5 Å². The van der Waals surface area contributed by atoms with Crippen molar-refractivity contribution in [2.45, 2.75) is 6.92 Å². The van der Waals surface area contributed by atoms with Crippen LogP contribution in [0.25, 0.3) is 33.1 Å². The van der Waals surface area contributed by atoms with Gasteiger partial charge in [-0.15, -0.1) is 4.91 Å². The topological polar surface area (TPSA) is 81.2 Å². The number of aromatic hydroxyl groups is 1. The molecule has 0 saturated heterocycles. The Bertz CT molecular complexity index is 1030. The Labute approximate surface area is 125 Å². The predicted octanol–water partition coefficient (Wildman–Crippen LogP) is 4.73. The van der Waals surface area contributed by atoms with Gasteiger partial charge in [-0.1, -0.05) is 29.8 Å². The van der Waals surface area contributed by atoms with E-state index in [0.717, 1.165) is 27.4 Å². The number of nitrogens with zero attached hydrogens (tertiary/aromatic N) is 1. The lowest BCUT2D eigenvalue weighted by Crippen LogP contribution is -1.78. The van der Waals surface area contributed by atoms with E-state index in [2.05, 4.69) is 15.1 Å².